The molecule has 1 saturated carbocycles. The van der Waals surface area contributed by atoms with Gasteiger partial charge in [0.25, 0.3) is 0 Å². The molecule has 0 radical (unpaired) electrons. The molecule has 2 heterocycles. The molecule has 1 aromatic carbocycles. The molecule has 0 unspecified atom stereocenters. The summed E-state index contributed by atoms with van der Waals surface area (Å²) in [7, 11) is 1.44. The van der Waals surface area contributed by atoms with Crippen molar-refractivity contribution in [2.45, 2.75) is 37.3 Å². The summed E-state index contributed by atoms with van der Waals surface area (Å²) in [5.41, 5.74) is 14.7. The highest BCUT2D eigenvalue weighted by Crippen LogP contribution is 2.37. The zero-order valence-electron chi connectivity index (χ0n) is 14.6. The van der Waals surface area contributed by atoms with Crippen LogP contribution >= 0.6 is 0 Å². The fourth-order valence-electron chi connectivity index (χ4n) is 3.67. The smallest absolute Gasteiger partial charge is 0.175 e. The average molecular weight is 355 g/mol. The van der Waals surface area contributed by atoms with Gasteiger partial charge in [0.1, 0.15) is 11.3 Å². The first-order valence-corrected chi connectivity index (χ1v) is 8.74. The molecule has 0 atom stereocenters. The Kier molecular flexibility index (Phi) is 4.13. The Morgan fingerprint density at radius 2 is 2.04 bits per heavy atom. The van der Waals surface area contributed by atoms with Crippen molar-refractivity contribution in [1.29, 1.82) is 0 Å². The van der Waals surface area contributed by atoms with Crippen LogP contribution < -0.4 is 16.2 Å². The van der Waals surface area contributed by atoms with E-state index in [1.807, 2.05) is 6.07 Å². The normalized spacial score (nSPS) is 23.3. The molecule has 0 bridgehead atoms. The average Bonchev–Trinajstić information content (AvgIpc) is 3.08. The van der Waals surface area contributed by atoms with E-state index in [9.17, 15) is 4.39 Å². The van der Waals surface area contributed by atoms with Crippen LogP contribution in [0.2, 0.25) is 0 Å². The van der Waals surface area contributed by atoms with Crippen LogP contribution in [0.25, 0.3) is 22.4 Å². The van der Waals surface area contributed by atoms with E-state index in [2.05, 4.69) is 15.0 Å². The lowest BCUT2D eigenvalue weighted by Crippen LogP contribution is -2.44. The first-order chi connectivity index (χ1) is 12.5. The van der Waals surface area contributed by atoms with E-state index in [4.69, 9.17) is 16.2 Å². The Bertz CT molecular complexity index is 946. The maximum atomic E-state index is 14.6. The maximum Gasteiger partial charge on any atom is 0.175 e. The number of aromatic nitrogens is 3. The summed E-state index contributed by atoms with van der Waals surface area (Å²) in [4.78, 5) is 12.3. The third kappa shape index (κ3) is 2.73. The first-order valence-electron chi connectivity index (χ1n) is 8.74. The fraction of sp³-hybridized carbons (Fsp3) is 0.368. The molecule has 0 spiro atoms. The molecule has 2 aromatic heterocycles. The molecule has 1 aliphatic rings. The number of benzene rings is 1. The Morgan fingerprint density at radius 1 is 1.27 bits per heavy atom. The maximum absolute atomic E-state index is 14.6. The third-order valence-electron chi connectivity index (χ3n) is 5.23. The number of fused-ring (bicyclic) bond motifs is 1. The van der Waals surface area contributed by atoms with Gasteiger partial charge >= 0.3 is 0 Å². The Hall–Kier alpha value is -2.51. The number of imidazole rings is 1. The van der Waals surface area contributed by atoms with Gasteiger partial charge in [-0.25, -0.2) is 9.37 Å². The van der Waals surface area contributed by atoms with Crippen LogP contribution in [0.3, 0.4) is 0 Å². The van der Waals surface area contributed by atoms with Crippen molar-refractivity contribution in [3.8, 4) is 17.1 Å². The summed E-state index contributed by atoms with van der Waals surface area (Å²) in [5.74, 6) is 0.161. The lowest BCUT2D eigenvalue weighted by atomic mass is 9.77. The van der Waals surface area contributed by atoms with E-state index in [1.165, 1.54) is 7.11 Å². The van der Waals surface area contributed by atoms with Crippen molar-refractivity contribution in [1.82, 2.24) is 15.0 Å². The van der Waals surface area contributed by atoms with Crippen LogP contribution in [0.1, 0.15) is 31.4 Å². The van der Waals surface area contributed by atoms with Gasteiger partial charge in [0.2, 0.25) is 0 Å². The van der Waals surface area contributed by atoms with Gasteiger partial charge in [0, 0.05) is 12.2 Å². The minimum atomic E-state index is -0.561. The van der Waals surface area contributed by atoms with E-state index in [1.54, 1.807) is 24.4 Å². The Balaban J connectivity index is 1.82. The number of hydrogen-bond donors (Lipinski definition) is 3. The molecule has 0 aliphatic heterocycles. The number of nitrogens with one attached hydrogen (secondary N) is 1. The molecule has 6 nitrogen and oxygen atoms in total. The molecule has 5 N–H and O–H groups in total. The number of ether oxygens (including phenoxy) is 1. The van der Waals surface area contributed by atoms with Gasteiger partial charge in [-0.05, 0) is 43.9 Å². The highest BCUT2D eigenvalue weighted by Gasteiger charge is 2.35. The van der Waals surface area contributed by atoms with Crippen molar-refractivity contribution in [3.05, 3.63) is 42.0 Å². The van der Waals surface area contributed by atoms with E-state index in [0.717, 1.165) is 36.9 Å². The summed E-state index contributed by atoms with van der Waals surface area (Å²) >= 11 is 0. The molecular weight excluding hydrogens is 333 g/mol. The number of rotatable bonds is 3. The van der Waals surface area contributed by atoms with Gasteiger partial charge in [-0.3, -0.25) is 4.98 Å². The van der Waals surface area contributed by atoms with Crippen LogP contribution in [0, 0.1) is 5.82 Å². The molecule has 1 fully saturated rings. The SMILES string of the molecule is COc1cccc(-c2nc3c(C4(N)CCC(N)CC4)nccc3[nH]2)c1F. The van der Waals surface area contributed by atoms with Crippen LogP contribution in [0.4, 0.5) is 4.39 Å². The summed E-state index contributed by atoms with van der Waals surface area (Å²) in [6, 6.07) is 6.99. The summed E-state index contributed by atoms with van der Waals surface area (Å²) in [6.07, 6.45) is 4.95. The third-order valence-corrected chi connectivity index (χ3v) is 5.23. The van der Waals surface area contributed by atoms with Crippen molar-refractivity contribution >= 4 is 11.0 Å². The number of hydrogen-bond acceptors (Lipinski definition) is 5. The number of methoxy groups -OCH3 is 1. The fourth-order valence-corrected chi connectivity index (χ4v) is 3.67. The lowest BCUT2D eigenvalue weighted by Gasteiger charge is -2.35. The molecule has 1 aliphatic carbocycles. The number of pyridine rings is 1. The van der Waals surface area contributed by atoms with Gasteiger partial charge < -0.3 is 21.2 Å². The zero-order valence-corrected chi connectivity index (χ0v) is 14.6. The summed E-state index contributed by atoms with van der Waals surface area (Å²) in [6.45, 7) is 0. The Morgan fingerprint density at radius 3 is 2.77 bits per heavy atom. The number of nitrogens with two attached hydrogens (primary N) is 2. The number of aromatic amines is 1. The van der Waals surface area contributed by atoms with Crippen LogP contribution in [-0.4, -0.2) is 28.1 Å². The molecule has 0 amide bonds. The molecule has 136 valence electrons. The van der Waals surface area contributed by atoms with Crippen molar-refractivity contribution in [2.75, 3.05) is 7.11 Å². The van der Waals surface area contributed by atoms with Gasteiger partial charge in [0.15, 0.2) is 11.6 Å². The monoisotopic (exact) mass is 355 g/mol. The quantitative estimate of drug-likeness (QED) is 0.670. The molecule has 0 saturated heterocycles. The van der Waals surface area contributed by atoms with E-state index >= 15 is 0 Å². The number of nitrogens with zero attached hydrogens (tertiary/aromatic N) is 2. The van der Waals surface area contributed by atoms with Crippen LogP contribution in [-0.2, 0) is 5.54 Å². The second-order valence-corrected chi connectivity index (χ2v) is 6.96. The highest BCUT2D eigenvalue weighted by molar-refractivity contribution is 5.82. The second-order valence-electron chi connectivity index (χ2n) is 6.96. The summed E-state index contributed by atoms with van der Waals surface area (Å²) < 4.78 is 19.7. The van der Waals surface area contributed by atoms with Gasteiger partial charge in [-0.1, -0.05) is 6.07 Å². The predicted octanol–water partition coefficient (Wildman–Crippen LogP) is 2.83. The van der Waals surface area contributed by atoms with Gasteiger partial charge in [0.05, 0.1) is 29.4 Å². The molecular formula is C19H22FN5O. The van der Waals surface area contributed by atoms with Crippen LogP contribution in [0.15, 0.2) is 30.5 Å². The standard InChI is InChI=1S/C19H22FN5O/c1-26-14-4-2-3-12(15(14)20)18-24-13-7-10-23-17(16(13)25-18)19(22)8-5-11(21)6-9-19/h2-4,7,10-11H,5-6,8-9,21-22H2,1H3,(H,24,25). The predicted molar refractivity (Wildman–Crippen MR) is 98.1 cm³/mol. The van der Waals surface area contributed by atoms with Crippen molar-refractivity contribution in [3.63, 3.8) is 0 Å². The molecule has 26 heavy (non-hydrogen) atoms. The van der Waals surface area contributed by atoms with E-state index in [-0.39, 0.29) is 11.8 Å². The highest BCUT2D eigenvalue weighted by atomic mass is 19.1. The largest absolute Gasteiger partial charge is 0.494 e. The first kappa shape index (κ1) is 16.9. The minimum absolute atomic E-state index is 0.179. The Labute approximate surface area is 150 Å². The number of halogens is 1. The van der Waals surface area contributed by atoms with E-state index in [0.29, 0.717) is 16.9 Å². The molecule has 7 heteroatoms. The molecule has 3 aromatic rings. The minimum Gasteiger partial charge on any atom is -0.494 e. The molecule has 4 rings (SSSR count). The van der Waals surface area contributed by atoms with Gasteiger partial charge in [-0.15, -0.1) is 0 Å². The lowest BCUT2D eigenvalue weighted by molar-refractivity contribution is 0.273. The van der Waals surface area contributed by atoms with Crippen LogP contribution in [0.5, 0.6) is 5.75 Å². The number of H-pyrrole nitrogens is 1. The topological polar surface area (TPSA) is 103 Å². The van der Waals surface area contributed by atoms with Crippen molar-refractivity contribution in [2.24, 2.45) is 11.5 Å². The zero-order chi connectivity index (χ0) is 18.3. The van der Waals surface area contributed by atoms with Gasteiger partial charge in [-0.2, -0.15) is 0 Å². The second kappa shape index (κ2) is 6.34. The summed E-state index contributed by atoms with van der Waals surface area (Å²) in [5, 5.41) is 0. The van der Waals surface area contributed by atoms with E-state index < -0.39 is 11.4 Å². The van der Waals surface area contributed by atoms with Crippen molar-refractivity contribution < 1.29 is 9.13 Å².